The number of benzene rings is 1. The normalized spacial score (nSPS) is 15.6. The predicted octanol–water partition coefficient (Wildman–Crippen LogP) is 4.89. The molecule has 1 aliphatic rings. The van der Waals surface area contributed by atoms with Crippen LogP contribution in [-0.4, -0.2) is 33.0 Å². The number of anilines is 1. The number of halogens is 3. The third kappa shape index (κ3) is 4.90. The number of nitrogens with one attached hydrogen (secondary N) is 1. The molecule has 0 radical (unpaired) electrons. The van der Waals surface area contributed by atoms with E-state index in [4.69, 9.17) is 4.98 Å². The number of aromatic nitrogens is 4. The number of nitrogens with zero attached hydrogens (tertiary/aromatic N) is 4. The molecule has 0 unspecified atom stereocenters. The lowest BCUT2D eigenvalue weighted by atomic mass is 9.96. The molecule has 2 aromatic heterocycles. The zero-order valence-corrected chi connectivity index (χ0v) is 16.4. The fraction of sp³-hybridized carbons (Fsp3) is 0.350. The van der Waals surface area contributed by atoms with Crippen LogP contribution in [0.4, 0.5) is 19.0 Å². The molecule has 0 amide bonds. The number of H-pyrrole nitrogens is 1. The smallest absolute Gasteiger partial charge is 0.355 e. The van der Waals surface area contributed by atoms with E-state index in [1.807, 2.05) is 18.2 Å². The van der Waals surface area contributed by atoms with Gasteiger partial charge in [0.25, 0.3) is 0 Å². The molecule has 0 spiro atoms. The van der Waals surface area contributed by atoms with E-state index in [1.54, 1.807) is 24.2 Å². The van der Waals surface area contributed by atoms with Crippen LogP contribution in [0.25, 0.3) is 0 Å². The number of alkyl halides is 3. The third-order valence-electron chi connectivity index (χ3n) is 4.94. The van der Waals surface area contributed by atoms with Crippen LogP contribution in [0.3, 0.4) is 0 Å². The number of aromatic amines is 1. The van der Waals surface area contributed by atoms with E-state index in [0.29, 0.717) is 31.8 Å². The van der Waals surface area contributed by atoms with Gasteiger partial charge in [-0.1, -0.05) is 30.3 Å². The zero-order valence-electron chi connectivity index (χ0n) is 15.6. The lowest BCUT2D eigenvalue weighted by Gasteiger charge is -2.31. The standard InChI is InChI=1S/C20H20F3N5S/c21-20(22,23)16-10-25-19(26-16)15-6-8-28(9-7-15)17-11-24-12-18(27-17)29-13-14-4-2-1-3-5-14/h1-5,10-12,15H,6-9,13H2,(H,25,26). The summed E-state index contributed by atoms with van der Waals surface area (Å²) in [5.41, 5.74) is 0.436. The highest BCUT2D eigenvalue weighted by Crippen LogP contribution is 2.32. The van der Waals surface area contributed by atoms with Crippen molar-refractivity contribution < 1.29 is 13.2 Å². The van der Waals surface area contributed by atoms with Gasteiger partial charge in [0.15, 0.2) is 0 Å². The largest absolute Gasteiger partial charge is 0.432 e. The fourth-order valence-corrected chi connectivity index (χ4v) is 4.16. The number of imidazole rings is 1. The fourth-order valence-electron chi connectivity index (χ4n) is 3.36. The summed E-state index contributed by atoms with van der Waals surface area (Å²) in [7, 11) is 0. The molecule has 0 bridgehead atoms. The molecule has 1 aromatic carbocycles. The minimum Gasteiger partial charge on any atom is -0.355 e. The van der Waals surface area contributed by atoms with Gasteiger partial charge in [-0.25, -0.2) is 9.97 Å². The van der Waals surface area contributed by atoms with Gasteiger partial charge in [0.1, 0.15) is 22.4 Å². The quantitative estimate of drug-likeness (QED) is 0.597. The van der Waals surface area contributed by atoms with Crippen molar-refractivity contribution in [2.24, 2.45) is 0 Å². The Hall–Kier alpha value is -2.55. The highest BCUT2D eigenvalue weighted by atomic mass is 32.2. The van der Waals surface area contributed by atoms with Crippen molar-refractivity contribution in [2.45, 2.75) is 35.7 Å². The number of piperidine rings is 1. The Morgan fingerprint density at radius 3 is 2.52 bits per heavy atom. The van der Waals surface area contributed by atoms with Crippen LogP contribution in [0.5, 0.6) is 0 Å². The van der Waals surface area contributed by atoms with Crippen LogP contribution < -0.4 is 4.90 Å². The predicted molar refractivity (Wildman–Crippen MR) is 106 cm³/mol. The number of hydrogen-bond donors (Lipinski definition) is 1. The maximum Gasteiger partial charge on any atom is 0.432 e. The van der Waals surface area contributed by atoms with Crippen molar-refractivity contribution in [2.75, 3.05) is 18.0 Å². The number of rotatable bonds is 5. The Balaban J connectivity index is 1.35. The number of hydrogen-bond acceptors (Lipinski definition) is 5. The van der Waals surface area contributed by atoms with Crippen LogP contribution in [0.1, 0.15) is 35.8 Å². The molecule has 1 fully saturated rings. The molecule has 5 nitrogen and oxygen atoms in total. The van der Waals surface area contributed by atoms with E-state index in [-0.39, 0.29) is 5.92 Å². The molecule has 3 heterocycles. The van der Waals surface area contributed by atoms with Gasteiger partial charge < -0.3 is 9.88 Å². The summed E-state index contributed by atoms with van der Waals surface area (Å²) in [5.74, 6) is 2.03. The van der Waals surface area contributed by atoms with Crippen LogP contribution in [-0.2, 0) is 11.9 Å². The minimum atomic E-state index is -4.39. The summed E-state index contributed by atoms with van der Waals surface area (Å²) < 4.78 is 38.3. The molecule has 1 N–H and O–H groups in total. The van der Waals surface area contributed by atoms with Crippen molar-refractivity contribution in [3.05, 3.63) is 66.0 Å². The molecular formula is C20H20F3N5S. The summed E-state index contributed by atoms with van der Waals surface area (Å²) in [4.78, 5) is 17.5. The maximum absolute atomic E-state index is 12.8. The molecule has 1 aliphatic heterocycles. The average molecular weight is 419 g/mol. The monoisotopic (exact) mass is 419 g/mol. The van der Waals surface area contributed by atoms with E-state index >= 15 is 0 Å². The first-order chi connectivity index (χ1) is 14.0. The molecule has 0 saturated carbocycles. The van der Waals surface area contributed by atoms with E-state index < -0.39 is 11.9 Å². The lowest BCUT2D eigenvalue weighted by molar-refractivity contribution is -0.141. The first-order valence-electron chi connectivity index (χ1n) is 9.35. The van der Waals surface area contributed by atoms with Gasteiger partial charge in [-0.05, 0) is 18.4 Å². The van der Waals surface area contributed by atoms with E-state index in [0.717, 1.165) is 22.8 Å². The highest BCUT2D eigenvalue weighted by Gasteiger charge is 2.34. The highest BCUT2D eigenvalue weighted by molar-refractivity contribution is 7.98. The second-order valence-electron chi connectivity index (χ2n) is 6.93. The molecular weight excluding hydrogens is 399 g/mol. The van der Waals surface area contributed by atoms with Crippen molar-refractivity contribution in [3.8, 4) is 0 Å². The summed E-state index contributed by atoms with van der Waals surface area (Å²) in [6.07, 6.45) is 1.41. The first-order valence-corrected chi connectivity index (χ1v) is 10.3. The van der Waals surface area contributed by atoms with Crippen LogP contribution in [0.2, 0.25) is 0 Å². The Kier molecular flexibility index (Phi) is 5.75. The molecule has 1 saturated heterocycles. The molecule has 29 heavy (non-hydrogen) atoms. The lowest BCUT2D eigenvalue weighted by Crippen LogP contribution is -2.34. The summed E-state index contributed by atoms with van der Waals surface area (Å²) in [6, 6.07) is 10.2. The topological polar surface area (TPSA) is 57.7 Å². The number of thioether (sulfide) groups is 1. The third-order valence-corrected chi connectivity index (χ3v) is 5.91. The van der Waals surface area contributed by atoms with Gasteiger partial charge in [-0.3, -0.25) is 4.98 Å². The Labute approximate surface area is 170 Å². The van der Waals surface area contributed by atoms with E-state index in [9.17, 15) is 13.2 Å². The summed E-state index contributed by atoms with van der Waals surface area (Å²) in [5, 5.41) is 0.856. The summed E-state index contributed by atoms with van der Waals surface area (Å²) >= 11 is 1.63. The Morgan fingerprint density at radius 1 is 1.07 bits per heavy atom. The molecule has 3 aromatic rings. The van der Waals surface area contributed by atoms with Gasteiger partial charge in [-0.15, -0.1) is 11.8 Å². The Bertz CT molecular complexity index is 937. The maximum atomic E-state index is 12.8. The van der Waals surface area contributed by atoms with Gasteiger partial charge in [0.05, 0.1) is 18.6 Å². The van der Waals surface area contributed by atoms with Crippen molar-refractivity contribution in [1.29, 1.82) is 0 Å². The van der Waals surface area contributed by atoms with E-state index in [1.165, 1.54) is 5.56 Å². The Morgan fingerprint density at radius 2 is 1.83 bits per heavy atom. The molecule has 152 valence electrons. The molecule has 0 aliphatic carbocycles. The average Bonchev–Trinajstić information content (AvgIpc) is 3.24. The first kappa shape index (κ1) is 19.8. The van der Waals surface area contributed by atoms with Crippen LogP contribution in [0.15, 0.2) is 53.9 Å². The summed E-state index contributed by atoms with van der Waals surface area (Å²) in [6.45, 7) is 1.41. The molecule has 4 rings (SSSR count). The van der Waals surface area contributed by atoms with Gasteiger partial charge >= 0.3 is 6.18 Å². The van der Waals surface area contributed by atoms with Crippen molar-refractivity contribution >= 4 is 17.6 Å². The van der Waals surface area contributed by atoms with Gasteiger partial charge in [0, 0.05) is 24.8 Å². The van der Waals surface area contributed by atoms with Crippen LogP contribution >= 0.6 is 11.8 Å². The van der Waals surface area contributed by atoms with Gasteiger partial charge in [0.2, 0.25) is 0 Å². The molecule has 0 atom stereocenters. The van der Waals surface area contributed by atoms with E-state index in [2.05, 4.69) is 32.0 Å². The van der Waals surface area contributed by atoms with Gasteiger partial charge in [-0.2, -0.15) is 13.2 Å². The second-order valence-corrected chi connectivity index (χ2v) is 7.93. The molecule has 9 heteroatoms. The second kappa shape index (κ2) is 8.44. The zero-order chi connectivity index (χ0) is 20.3. The minimum absolute atomic E-state index is 0.00838. The SMILES string of the molecule is FC(F)(F)c1cnc(C2CCN(c3cncc(SCc4ccccc4)n3)CC2)[nH]1. The van der Waals surface area contributed by atoms with Crippen molar-refractivity contribution in [3.63, 3.8) is 0 Å². The van der Waals surface area contributed by atoms with Crippen molar-refractivity contribution in [1.82, 2.24) is 19.9 Å². The van der Waals surface area contributed by atoms with Crippen LogP contribution in [0, 0.1) is 0 Å².